The molecule has 1 aliphatic rings. The molecule has 1 saturated heterocycles. The van der Waals surface area contributed by atoms with Gasteiger partial charge in [-0.05, 0) is 20.2 Å². The van der Waals surface area contributed by atoms with Crippen molar-refractivity contribution in [1.29, 1.82) is 0 Å². The van der Waals surface area contributed by atoms with Crippen molar-refractivity contribution in [2.24, 2.45) is 0 Å². The molecule has 0 aliphatic carbocycles. The number of hydrogen-bond donors (Lipinski definition) is 0. The molecule has 0 radical (unpaired) electrons. The fraction of sp³-hybridized carbons (Fsp3) is 0.500. The summed E-state index contributed by atoms with van der Waals surface area (Å²) in [5, 5.41) is 0.0653. The van der Waals surface area contributed by atoms with Gasteiger partial charge in [-0.25, -0.2) is 0 Å². The zero-order chi connectivity index (χ0) is 13.1. The second-order valence-electron chi connectivity index (χ2n) is 4.43. The van der Waals surface area contributed by atoms with Gasteiger partial charge in [0.1, 0.15) is 9.53 Å². The van der Waals surface area contributed by atoms with Crippen LogP contribution in [0.1, 0.15) is 10.9 Å². The third kappa shape index (κ3) is 3.05. The Bertz CT molecular complexity index is 415. The van der Waals surface area contributed by atoms with Gasteiger partial charge in [-0.3, -0.25) is 9.78 Å². The summed E-state index contributed by atoms with van der Waals surface area (Å²) in [5.41, 5.74) is 1.08. The van der Waals surface area contributed by atoms with E-state index in [0.29, 0.717) is 0 Å². The van der Waals surface area contributed by atoms with E-state index in [2.05, 4.69) is 25.8 Å². The SMILES string of the molecule is CN(C)CCN1C(=O)C(Br)SC1c1cccnc1. The molecule has 1 fully saturated rings. The number of likely N-dealkylation sites (N-methyl/N-ethyl adjacent to an activating group) is 1. The van der Waals surface area contributed by atoms with Crippen molar-refractivity contribution in [3.8, 4) is 0 Å². The summed E-state index contributed by atoms with van der Waals surface area (Å²) in [6, 6.07) is 3.93. The number of hydrogen-bond acceptors (Lipinski definition) is 4. The van der Waals surface area contributed by atoms with Crippen LogP contribution in [0.3, 0.4) is 0 Å². The fourth-order valence-electron chi connectivity index (χ4n) is 1.81. The van der Waals surface area contributed by atoms with Crippen LogP contribution >= 0.6 is 27.7 Å². The minimum absolute atomic E-state index is 0.0653. The number of halogens is 1. The van der Waals surface area contributed by atoms with Crippen LogP contribution in [-0.2, 0) is 4.79 Å². The molecular formula is C12H16BrN3OS. The summed E-state index contributed by atoms with van der Waals surface area (Å²) in [5.74, 6) is 0.149. The van der Waals surface area contributed by atoms with E-state index in [4.69, 9.17) is 0 Å². The fourth-order valence-corrected chi connectivity index (χ4v) is 3.81. The van der Waals surface area contributed by atoms with Crippen molar-refractivity contribution in [1.82, 2.24) is 14.8 Å². The number of pyridine rings is 1. The summed E-state index contributed by atoms with van der Waals surface area (Å²) < 4.78 is -0.148. The van der Waals surface area contributed by atoms with E-state index in [1.165, 1.54) is 0 Å². The van der Waals surface area contributed by atoms with Crippen molar-refractivity contribution in [2.75, 3.05) is 27.2 Å². The monoisotopic (exact) mass is 329 g/mol. The van der Waals surface area contributed by atoms with Gasteiger partial charge < -0.3 is 9.80 Å². The van der Waals surface area contributed by atoms with Crippen LogP contribution in [0, 0.1) is 0 Å². The summed E-state index contributed by atoms with van der Waals surface area (Å²) in [4.78, 5) is 20.3. The Morgan fingerprint density at radius 2 is 2.33 bits per heavy atom. The number of rotatable bonds is 4. The molecule has 1 amide bonds. The highest BCUT2D eigenvalue weighted by Crippen LogP contribution is 2.44. The molecule has 2 rings (SSSR count). The van der Waals surface area contributed by atoms with E-state index in [-0.39, 0.29) is 15.4 Å². The van der Waals surface area contributed by atoms with E-state index < -0.39 is 0 Å². The minimum atomic E-state index is -0.148. The van der Waals surface area contributed by atoms with Crippen molar-refractivity contribution in [3.63, 3.8) is 0 Å². The van der Waals surface area contributed by atoms with Crippen molar-refractivity contribution >= 4 is 33.6 Å². The molecule has 1 aliphatic heterocycles. The molecule has 2 atom stereocenters. The van der Waals surface area contributed by atoms with Gasteiger partial charge in [-0.15, -0.1) is 11.8 Å². The Kier molecular flexibility index (Phi) is 4.64. The lowest BCUT2D eigenvalue weighted by Gasteiger charge is -2.25. The van der Waals surface area contributed by atoms with Crippen LogP contribution in [0.15, 0.2) is 24.5 Å². The molecule has 1 aromatic rings. The molecule has 2 unspecified atom stereocenters. The zero-order valence-electron chi connectivity index (χ0n) is 10.4. The van der Waals surface area contributed by atoms with Crippen LogP contribution < -0.4 is 0 Å². The Labute approximate surface area is 120 Å². The first kappa shape index (κ1) is 13.8. The van der Waals surface area contributed by atoms with Crippen LogP contribution in [0.5, 0.6) is 0 Å². The maximum atomic E-state index is 12.1. The number of carbonyl (C=O) groups excluding carboxylic acids is 1. The summed E-state index contributed by atoms with van der Waals surface area (Å²) in [7, 11) is 4.02. The summed E-state index contributed by atoms with van der Waals surface area (Å²) in [6.07, 6.45) is 3.58. The molecular weight excluding hydrogens is 314 g/mol. The normalized spacial score (nSPS) is 24.0. The van der Waals surface area contributed by atoms with Crippen molar-refractivity contribution in [2.45, 2.75) is 9.53 Å². The van der Waals surface area contributed by atoms with Gasteiger partial charge in [-0.1, -0.05) is 22.0 Å². The number of amides is 1. The smallest absolute Gasteiger partial charge is 0.247 e. The highest BCUT2D eigenvalue weighted by molar-refractivity contribution is 9.11. The minimum Gasteiger partial charge on any atom is -0.323 e. The maximum absolute atomic E-state index is 12.1. The van der Waals surface area contributed by atoms with Gasteiger partial charge in [0.05, 0.1) is 0 Å². The van der Waals surface area contributed by atoms with E-state index >= 15 is 0 Å². The molecule has 2 heterocycles. The number of nitrogens with zero attached hydrogens (tertiary/aromatic N) is 3. The number of alkyl halides is 1. The van der Waals surface area contributed by atoms with Gasteiger partial charge in [0.25, 0.3) is 0 Å². The van der Waals surface area contributed by atoms with E-state index in [9.17, 15) is 4.79 Å². The lowest BCUT2D eigenvalue weighted by Crippen LogP contribution is -2.35. The van der Waals surface area contributed by atoms with Crippen LogP contribution in [0.4, 0.5) is 0 Å². The predicted molar refractivity (Wildman–Crippen MR) is 77.6 cm³/mol. The molecule has 0 bridgehead atoms. The Morgan fingerprint density at radius 3 is 2.94 bits per heavy atom. The molecule has 1 aromatic heterocycles. The number of carbonyl (C=O) groups is 1. The lowest BCUT2D eigenvalue weighted by atomic mass is 10.2. The largest absolute Gasteiger partial charge is 0.323 e. The molecule has 6 heteroatoms. The molecule has 0 saturated carbocycles. The van der Waals surface area contributed by atoms with Crippen molar-refractivity contribution < 1.29 is 4.79 Å². The van der Waals surface area contributed by atoms with E-state index in [0.717, 1.165) is 18.7 Å². The standard InChI is InChI=1S/C12H16BrN3OS/c1-15(2)6-7-16-11(17)10(13)18-12(16)9-4-3-5-14-8-9/h3-5,8,10,12H,6-7H2,1-2H3. The Morgan fingerprint density at radius 1 is 1.56 bits per heavy atom. The molecule has 18 heavy (non-hydrogen) atoms. The quantitative estimate of drug-likeness (QED) is 0.791. The van der Waals surface area contributed by atoms with E-state index in [1.54, 1.807) is 18.0 Å². The van der Waals surface area contributed by atoms with Crippen LogP contribution in [0.2, 0.25) is 0 Å². The zero-order valence-corrected chi connectivity index (χ0v) is 12.8. The highest BCUT2D eigenvalue weighted by atomic mass is 79.9. The first-order chi connectivity index (χ1) is 8.59. The molecule has 0 N–H and O–H groups in total. The third-order valence-electron chi connectivity index (χ3n) is 2.77. The van der Waals surface area contributed by atoms with Crippen LogP contribution in [0.25, 0.3) is 0 Å². The topological polar surface area (TPSA) is 36.4 Å². The number of thioether (sulfide) groups is 1. The van der Waals surface area contributed by atoms with Gasteiger partial charge in [-0.2, -0.15) is 0 Å². The molecule has 0 aromatic carbocycles. The van der Waals surface area contributed by atoms with Gasteiger partial charge in [0.15, 0.2) is 0 Å². The van der Waals surface area contributed by atoms with Gasteiger partial charge in [0.2, 0.25) is 5.91 Å². The maximum Gasteiger partial charge on any atom is 0.247 e. The number of aromatic nitrogens is 1. The second kappa shape index (κ2) is 6.04. The van der Waals surface area contributed by atoms with Crippen LogP contribution in [-0.4, -0.2) is 52.0 Å². The first-order valence-electron chi connectivity index (χ1n) is 5.74. The lowest BCUT2D eigenvalue weighted by molar-refractivity contribution is -0.128. The van der Waals surface area contributed by atoms with E-state index in [1.807, 2.05) is 37.3 Å². The first-order valence-corrected chi connectivity index (χ1v) is 7.60. The average molecular weight is 330 g/mol. The summed E-state index contributed by atoms with van der Waals surface area (Å²) >= 11 is 5.05. The van der Waals surface area contributed by atoms with Crippen molar-refractivity contribution in [3.05, 3.63) is 30.1 Å². The predicted octanol–water partition coefficient (Wildman–Crippen LogP) is 1.94. The van der Waals surface area contributed by atoms with Gasteiger partial charge >= 0.3 is 0 Å². The average Bonchev–Trinajstić information content (AvgIpc) is 2.64. The molecule has 98 valence electrons. The molecule has 4 nitrogen and oxygen atoms in total. The summed E-state index contributed by atoms with van der Waals surface area (Å²) in [6.45, 7) is 1.60. The molecule has 0 spiro atoms. The third-order valence-corrected chi connectivity index (χ3v) is 5.03. The Balaban J connectivity index is 2.15. The highest BCUT2D eigenvalue weighted by Gasteiger charge is 2.39. The van der Waals surface area contributed by atoms with Gasteiger partial charge in [0, 0.05) is 31.0 Å². The Hall–Kier alpha value is -0.590. The second-order valence-corrected chi connectivity index (χ2v) is 7.14.